The number of hydrogen-bond donors (Lipinski definition) is 3. The number of amides is 1. The van der Waals surface area contributed by atoms with Crippen LogP contribution < -0.4 is 5.32 Å². The number of aliphatic hydroxyl groups is 1. The van der Waals surface area contributed by atoms with Crippen LogP contribution in [0.25, 0.3) is 10.2 Å². The largest absolute Gasteiger partial charge is 0.481 e. The molecule has 0 radical (unpaired) electrons. The number of carboxylic acids is 1. The maximum Gasteiger partial charge on any atom is 0.303 e. The first-order valence-corrected chi connectivity index (χ1v) is 16.4. The first-order valence-electron chi connectivity index (χ1n) is 14.6. The third kappa shape index (κ3) is 9.11. The molecule has 5 rings (SSSR count). The molecule has 226 valence electrons. The Morgan fingerprint density at radius 2 is 1.72 bits per heavy atom. The van der Waals surface area contributed by atoms with Crippen LogP contribution in [0.4, 0.5) is 5.69 Å². The fourth-order valence-electron chi connectivity index (χ4n) is 5.00. The second-order valence-electron chi connectivity index (χ2n) is 10.6. The van der Waals surface area contributed by atoms with Crippen LogP contribution in [0.5, 0.6) is 0 Å². The normalized spacial score (nSPS) is 18.5. The number of carbonyl (C=O) groups excluding carboxylic acids is 1. The van der Waals surface area contributed by atoms with Gasteiger partial charge in [-0.2, -0.15) is 0 Å². The first kappa shape index (κ1) is 31.2. The average molecular weight is 621 g/mol. The van der Waals surface area contributed by atoms with Crippen LogP contribution in [0.3, 0.4) is 0 Å². The van der Waals surface area contributed by atoms with Crippen LogP contribution in [-0.4, -0.2) is 38.9 Å². The van der Waals surface area contributed by atoms with Crippen LogP contribution in [0, 0.1) is 0 Å². The molecule has 1 fully saturated rings. The van der Waals surface area contributed by atoms with Crippen LogP contribution in [0.15, 0.2) is 77.1 Å². The summed E-state index contributed by atoms with van der Waals surface area (Å²) in [6.45, 7) is -0.0117. The summed E-state index contributed by atoms with van der Waals surface area (Å²) >= 11 is 3.37. The van der Waals surface area contributed by atoms with Gasteiger partial charge in [0.15, 0.2) is 10.6 Å². The van der Waals surface area contributed by atoms with Crippen LogP contribution in [0.1, 0.15) is 74.0 Å². The lowest BCUT2D eigenvalue weighted by Gasteiger charge is -2.36. The zero-order valence-corrected chi connectivity index (χ0v) is 25.4. The molecule has 1 saturated heterocycles. The number of aliphatic hydroxyl groups excluding tert-OH is 1. The quantitative estimate of drug-likeness (QED) is 0.0981. The molecule has 3 N–H and O–H groups in total. The monoisotopic (exact) mass is 620 g/mol. The van der Waals surface area contributed by atoms with Crippen LogP contribution >= 0.6 is 23.1 Å². The predicted molar refractivity (Wildman–Crippen MR) is 169 cm³/mol. The summed E-state index contributed by atoms with van der Waals surface area (Å²) in [5, 5.41) is 21.2. The van der Waals surface area contributed by atoms with Gasteiger partial charge in [-0.05, 0) is 48.2 Å². The Morgan fingerprint density at radius 3 is 2.49 bits per heavy atom. The van der Waals surface area contributed by atoms with Crippen molar-refractivity contribution in [2.75, 3.05) is 11.1 Å². The lowest BCUT2D eigenvalue weighted by atomic mass is 10.0. The van der Waals surface area contributed by atoms with Crippen molar-refractivity contribution >= 4 is 50.9 Å². The number of para-hydroxylation sites is 1. The van der Waals surface area contributed by atoms with E-state index in [1.807, 2.05) is 66.7 Å². The van der Waals surface area contributed by atoms with Crippen molar-refractivity contribution in [3.63, 3.8) is 0 Å². The highest BCUT2D eigenvalue weighted by atomic mass is 32.2. The number of thiazole rings is 1. The molecular weight excluding hydrogens is 585 g/mol. The lowest BCUT2D eigenvalue weighted by molar-refractivity contribution is -0.245. The van der Waals surface area contributed by atoms with Crippen molar-refractivity contribution in [2.24, 2.45) is 0 Å². The fourth-order valence-corrected chi connectivity index (χ4v) is 7.11. The Balaban J connectivity index is 1.24. The number of nitrogens with zero attached hydrogens (tertiary/aromatic N) is 1. The number of ether oxygens (including phenoxy) is 2. The van der Waals surface area contributed by atoms with Crippen molar-refractivity contribution < 1.29 is 29.3 Å². The molecule has 3 aromatic carbocycles. The molecular formula is C33H36N2O6S2. The minimum atomic E-state index is -0.784. The fraction of sp³-hybridized carbons (Fsp3) is 0.364. The molecule has 8 nitrogen and oxygen atoms in total. The summed E-state index contributed by atoms with van der Waals surface area (Å²) in [7, 11) is 0. The Morgan fingerprint density at radius 1 is 0.930 bits per heavy atom. The Hall–Kier alpha value is -3.28. The van der Waals surface area contributed by atoms with Gasteiger partial charge in [-0.15, -0.1) is 11.3 Å². The van der Waals surface area contributed by atoms with Crippen molar-refractivity contribution in [3.05, 3.63) is 89.5 Å². The van der Waals surface area contributed by atoms with E-state index in [4.69, 9.17) is 19.6 Å². The maximum absolute atomic E-state index is 12.6. The van der Waals surface area contributed by atoms with Crippen molar-refractivity contribution in [2.45, 2.75) is 74.4 Å². The summed E-state index contributed by atoms with van der Waals surface area (Å²) in [6.07, 6.45) is 3.27. The number of thioether (sulfide) groups is 1. The van der Waals surface area contributed by atoms with Crippen molar-refractivity contribution in [3.8, 4) is 0 Å². The predicted octanol–water partition coefficient (Wildman–Crippen LogP) is 7.49. The standard InChI is InChI=1S/C33H36N2O6S2/c36-20-22-14-16-23(17-15-22)28-19-26(21-42-33-35-27-10-5-6-11-29(27)43-33)40-32(41-28)24-8-7-9-25(18-24)34-30(37)12-3-1-2-4-13-31(38)39/h5-11,14-18,26,28,32,36H,1-4,12-13,19-21H2,(H,34,37)(H,38,39)/t26-,28+,32+/m1/s1. The minimum absolute atomic E-state index is 0.0117. The molecule has 1 aromatic heterocycles. The SMILES string of the molecule is O=C(O)CCCCCCC(=O)Nc1cccc([C@H]2O[C@@H](CSc3nc4ccccc4s3)C[C@@H](c3ccc(CO)cc3)O2)c1. The van der Waals surface area contributed by atoms with Crippen molar-refractivity contribution in [1.29, 1.82) is 0 Å². The molecule has 4 aromatic rings. The maximum atomic E-state index is 12.6. The van der Waals surface area contributed by atoms with E-state index in [0.29, 0.717) is 37.1 Å². The number of aromatic nitrogens is 1. The van der Waals surface area contributed by atoms with E-state index in [-0.39, 0.29) is 31.1 Å². The molecule has 3 atom stereocenters. The Bertz CT molecular complexity index is 1480. The van der Waals surface area contributed by atoms with E-state index in [2.05, 4.69) is 11.4 Å². The first-order chi connectivity index (χ1) is 21.0. The smallest absolute Gasteiger partial charge is 0.303 e. The number of fused-ring (bicyclic) bond motifs is 1. The minimum Gasteiger partial charge on any atom is -0.481 e. The van der Waals surface area contributed by atoms with E-state index in [1.165, 1.54) is 0 Å². The Kier molecular flexibility index (Phi) is 11.2. The summed E-state index contributed by atoms with van der Waals surface area (Å²) in [5.74, 6) is -0.145. The number of carboxylic acid groups (broad SMARTS) is 1. The number of unbranched alkanes of at least 4 members (excludes halogenated alkanes) is 3. The van der Waals surface area contributed by atoms with E-state index in [9.17, 15) is 14.7 Å². The third-order valence-corrected chi connectivity index (χ3v) is 9.58. The topological polar surface area (TPSA) is 118 Å². The highest BCUT2D eigenvalue weighted by Crippen LogP contribution is 2.40. The van der Waals surface area contributed by atoms with Gasteiger partial charge in [-0.25, -0.2) is 4.98 Å². The van der Waals surface area contributed by atoms with Crippen LogP contribution in [-0.2, 0) is 25.7 Å². The van der Waals surface area contributed by atoms with Gasteiger partial charge in [0.1, 0.15) is 0 Å². The molecule has 10 heteroatoms. The van der Waals surface area contributed by atoms with Gasteiger partial charge in [0.05, 0.1) is 29.0 Å². The zero-order chi connectivity index (χ0) is 30.0. The van der Waals surface area contributed by atoms with Crippen molar-refractivity contribution in [1.82, 2.24) is 4.98 Å². The number of rotatable bonds is 14. The summed E-state index contributed by atoms with van der Waals surface area (Å²) in [4.78, 5) is 28.0. The summed E-state index contributed by atoms with van der Waals surface area (Å²) < 4.78 is 15.1. The molecule has 0 aliphatic carbocycles. The highest BCUT2D eigenvalue weighted by molar-refractivity contribution is 8.01. The van der Waals surface area contributed by atoms with Gasteiger partial charge in [0.2, 0.25) is 5.91 Å². The number of carbonyl (C=O) groups is 2. The average Bonchev–Trinajstić information content (AvgIpc) is 3.45. The number of nitrogens with one attached hydrogen (secondary N) is 1. The molecule has 1 aliphatic rings. The summed E-state index contributed by atoms with van der Waals surface area (Å²) in [6, 6.07) is 23.5. The molecule has 0 unspecified atom stereocenters. The summed E-state index contributed by atoms with van der Waals surface area (Å²) in [5.41, 5.74) is 4.36. The number of hydrogen-bond acceptors (Lipinski definition) is 8. The second kappa shape index (κ2) is 15.4. The molecule has 0 bridgehead atoms. The van der Waals surface area contributed by atoms with E-state index >= 15 is 0 Å². The lowest BCUT2D eigenvalue weighted by Crippen LogP contribution is -2.31. The molecule has 1 amide bonds. The second-order valence-corrected chi connectivity index (χ2v) is 12.9. The van der Waals surface area contributed by atoms with E-state index < -0.39 is 12.3 Å². The molecule has 0 spiro atoms. The van der Waals surface area contributed by atoms with Gasteiger partial charge < -0.3 is 25.0 Å². The number of aliphatic carboxylic acids is 1. The zero-order valence-electron chi connectivity index (χ0n) is 23.8. The molecule has 1 aliphatic heterocycles. The highest BCUT2D eigenvalue weighted by Gasteiger charge is 2.32. The van der Waals surface area contributed by atoms with Gasteiger partial charge >= 0.3 is 5.97 Å². The van der Waals surface area contributed by atoms with E-state index in [1.54, 1.807) is 23.1 Å². The van der Waals surface area contributed by atoms with Gasteiger partial charge in [-0.1, -0.05) is 73.1 Å². The van der Waals surface area contributed by atoms with Crippen LogP contribution in [0.2, 0.25) is 0 Å². The number of benzene rings is 3. The van der Waals surface area contributed by atoms with Gasteiger partial charge in [-0.3, -0.25) is 9.59 Å². The molecule has 43 heavy (non-hydrogen) atoms. The van der Waals surface area contributed by atoms with E-state index in [0.717, 1.165) is 44.1 Å². The number of anilines is 1. The Labute approximate surface area is 259 Å². The van der Waals surface area contributed by atoms with Gasteiger partial charge in [0.25, 0.3) is 0 Å². The van der Waals surface area contributed by atoms with Gasteiger partial charge in [0, 0.05) is 36.3 Å². The molecule has 0 saturated carbocycles. The molecule has 2 heterocycles. The third-order valence-electron chi connectivity index (χ3n) is 7.27.